The van der Waals surface area contributed by atoms with Crippen LogP contribution in [-0.2, 0) is 0 Å². The van der Waals surface area contributed by atoms with Crippen molar-refractivity contribution in [2.45, 2.75) is 33.1 Å². The lowest BCUT2D eigenvalue weighted by atomic mass is 10.0. The Morgan fingerprint density at radius 3 is 2.33 bits per heavy atom. The molecule has 1 fully saturated rings. The van der Waals surface area contributed by atoms with Gasteiger partial charge in [-0.25, -0.2) is 8.78 Å². The lowest BCUT2D eigenvalue weighted by Crippen LogP contribution is -2.17. The molecule has 1 aromatic carbocycles. The van der Waals surface area contributed by atoms with Crippen LogP contribution in [0.1, 0.15) is 44.2 Å². The lowest BCUT2D eigenvalue weighted by Gasteiger charge is -2.04. The van der Waals surface area contributed by atoms with Gasteiger partial charge in [0.1, 0.15) is 0 Å². The Labute approximate surface area is 108 Å². The predicted molar refractivity (Wildman–Crippen MR) is 70.0 cm³/mol. The number of hydrogen-bond acceptors (Lipinski definition) is 1. The van der Waals surface area contributed by atoms with Gasteiger partial charge in [-0.2, -0.15) is 0 Å². The van der Waals surface area contributed by atoms with E-state index in [0.717, 1.165) is 13.1 Å². The maximum atomic E-state index is 12.5. The Bertz CT molecular complexity index is 397. The standard InChI is InChI=1S/C15H21F2N/c1-4-18-9-12-13(15(12,2)3)10-5-7-11(8-6-10)14(16)17/h5-8,12-14,18H,4,9H2,1-3H3. The first-order valence-corrected chi connectivity index (χ1v) is 6.57. The summed E-state index contributed by atoms with van der Waals surface area (Å²) in [5, 5.41) is 3.38. The quantitative estimate of drug-likeness (QED) is 0.837. The molecule has 3 heteroatoms. The van der Waals surface area contributed by atoms with Gasteiger partial charge in [0.05, 0.1) is 0 Å². The second-order valence-corrected chi connectivity index (χ2v) is 5.68. The van der Waals surface area contributed by atoms with E-state index < -0.39 is 6.43 Å². The molecule has 18 heavy (non-hydrogen) atoms. The summed E-state index contributed by atoms with van der Waals surface area (Å²) in [6.07, 6.45) is -2.37. The predicted octanol–water partition coefficient (Wildman–Crippen LogP) is 3.97. The number of alkyl halides is 2. The molecule has 0 saturated heterocycles. The molecule has 1 N–H and O–H groups in total. The van der Waals surface area contributed by atoms with E-state index in [-0.39, 0.29) is 11.0 Å². The summed E-state index contributed by atoms with van der Waals surface area (Å²) in [6.45, 7) is 8.58. The van der Waals surface area contributed by atoms with Crippen molar-refractivity contribution in [1.29, 1.82) is 0 Å². The Hall–Kier alpha value is -0.960. The zero-order valence-corrected chi connectivity index (χ0v) is 11.2. The Morgan fingerprint density at radius 1 is 1.22 bits per heavy atom. The first kappa shape index (κ1) is 13.5. The van der Waals surface area contributed by atoms with Crippen LogP contribution in [0.2, 0.25) is 0 Å². The zero-order chi connectivity index (χ0) is 13.3. The summed E-state index contributed by atoms with van der Waals surface area (Å²) >= 11 is 0. The van der Waals surface area contributed by atoms with Crippen molar-refractivity contribution in [2.24, 2.45) is 11.3 Å². The summed E-state index contributed by atoms with van der Waals surface area (Å²) in [7, 11) is 0. The highest BCUT2D eigenvalue weighted by Gasteiger charge is 2.57. The van der Waals surface area contributed by atoms with E-state index in [4.69, 9.17) is 0 Å². The van der Waals surface area contributed by atoms with Gasteiger partial charge in [0.25, 0.3) is 6.43 Å². The van der Waals surface area contributed by atoms with Crippen LogP contribution >= 0.6 is 0 Å². The average molecular weight is 253 g/mol. The topological polar surface area (TPSA) is 12.0 Å². The second kappa shape index (κ2) is 4.96. The minimum atomic E-state index is -2.37. The molecule has 1 aromatic rings. The lowest BCUT2D eigenvalue weighted by molar-refractivity contribution is 0.151. The van der Waals surface area contributed by atoms with Crippen molar-refractivity contribution in [3.63, 3.8) is 0 Å². The molecule has 1 nitrogen and oxygen atoms in total. The van der Waals surface area contributed by atoms with Crippen molar-refractivity contribution >= 4 is 0 Å². The molecule has 0 heterocycles. The van der Waals surface area contributed by atoms with Crippen molar-refractivity contribution < 1.29 is 8.78 Å². The maximum absolute atomic E-state index is 12.5. The van der Waals surface area contributed by atoms with Crippen LogP contribution in [0.15, 0.2) is 24.3 Å². The fourth-order valence-electron chi connectivity index (χ4n) is 2.94. The third kappa shape index (κ3) is 2.41. The minimum absolute atomic E-state index is 0.112. The van der Waals surface area contributed by atoms with Crippen LogP contribution < -0.4 is 5.32 Å². The Morgan fingerprint density at radius 2 is 1.83 bits per heavy atom. The summed E-state index contributed by atoms with van der Waals surface area (Å²) in [5.41, 5.74) is 1.57. The maximum Gasteiger partial charge on any atom is 0.263 e. The molecule has 0 radical (unpaired) electrons. The summed E-state index contributed by atoms with van der Waals surface area (Å²) in [4.78, 5) is 0. The number of halogens is 2. The van der Waals surface area contributed by atoms with Gasteiger partial charge in [-0.3, -0.25) is 0 Å². The van der Waals surface area contributed by atoms with Gasteiger partial charge in [0.2, 0.25) is 0 Å². The summed E-state index contributed by atoms with van der Waals surface area (Å²) in [6, 6.07) is 6.83. The molecule has 0 bridgehead atoms. The molecular formula is C15H21F2N. The number of hydrogen-bond donors (Lipinski definition) is 1. The fraction of sp³-hybridized carbons (Fsp3) is 0.600. The van der Waals surface area contributed by atoms with Crippen molar-refractivity contribution in [1.82, 2.24) is 5.32 Å². The van der Waals surface area contributed by atoms with Gasteiger partial charge < -0.3 is 5.32 Å². The smallest absolute Gasteiger partial charge is 0.263 e. The number of benzene rings is 1. The van der Waals surface area contributed by atoms with Crippen LogP contribution in [0.4, 0.5) is 8.78 Å². The van der Waals surface area contributed by atoms with Gasteiger partial charge in [-0.1, -0.05) is 45.0 Å². The average Bonchev–Trinajstić information content (AvgIpc) is 2.88. The molecule has 1 saturated carbocycles. The normalized spacial score (nSPS) is 25.4. The van der Waals surface area contributed by atoms with E-state index in [2.05, 4.69) is 26.1 Å². The summed E-state index contributed by atoms with van der Waals surface area (Å²) < 4.78 is 25.0. The van der Waals surface area contributed by atoms with E-state index >= 15 is 0 Å². The largest absolute Gasteiger partial charge is 0.317 e. The highest BCUT2D eigenvalue weighted by molar-refractivity contribution is 5.34. The van der Waals surface area contributed by atoms with Crippen molar-refractivity contribution in [3.8, 4) is 0 Å². The van der Waals surface area contributed by atoms with Gasteiger partial charge in [0, 0.05) is 5.56 Å². The monoisotopic (exact) mass is 253 g/mol. The van der Waals surface area contributed by atoms with E-state index in [9.17, 15) is 8.78 Å². The van der Waals surface area contributed by atoms with Gasteiger partial charge in [-0.15, -0.1) is 0 Å². The molecule has 0 aromatic heterocycles. The molecule has 1 aliphatic rings. The van der Waals surface area contributed by atoms with E-state index in [1.54, 1.807) is 12.1 Å². The van der Waals surface area contributed by atoms with Crippen LogP contribution in [-0.4, -0.2) is 13.1 Å². The molecule has 2 atom stereocenters. The number of rotatable bonds is 5. The fourth-order valence-corrected chi connectivity index (χ4v) is 2.94. The molecule has 0 amide bonds. The molecular weight excluding hydrogens is 232 g/mol. The Kier molecular flexibility index (Phi) is 3.71. The summed E-state index contributed by atoms with van der Waals surface area (Å²) in [5.74, 6) is 1.10. The molecule has 2 rings (SSSR count). The first-order chi connectivity index (χ1) is 8.48. The molecule has 2 unspecified atom stereocenters. The van der Waals surface area contributed by atoms with Gasteiger partial charge in [0.15, 0.2) is 0 Å². The van der Waals surface area contributed by atoms with Crippen LogP contribution in [0.3, 0.4) is 0 Å². The molecule has 100 valence electrons. The van der Waals surface area contributed by atoms with Crippen molar-refractivity contribution in [3.05, 3.63) is 35.4 Å². The SMILES string of the molecule is CCNCC1C(c2ccc(C(F)F)cc2)C1(C)C. The Balaban J connectivity index is 2.08. The third-order valence-electron chi connectivity index (χ3n) is 4.21. The zero-order valence-electron chi connectivity index (χ0n) is 11.2. The van der Waals surface area contributed by atoms with Crippen LogP contribution in [0.25, 0.3) is 0 Å². The molecule has 0 aliphatic heterocycles. The highest BCUT2D eigenvalue weighted by atomic mass is 19.3. The van der Waals surface area contributed by atoms with Gasteiger partial charge in [-0.05, 0) is 35.9 Å². The van der Waals surface area contributed by atoms with Crippen LogP contribution in [0, 0.1) is 11.3 Å². The van der Waals surface area contributed by atoms with Gasteiger partial charge >= 0.3 is 0 Å². The van der Waals surface area contributed by atoms with Crippen LogP contribution in [0.5, 0.6) is 0 Å². The first-order valence-electron chi connectivity index (χ1n) is 6.57. The highest BCUT2D eigenvalue weighted by Crippen LogP contribution is 2.64. The third-order valence-corrected chi connectivity index (χ3v) is 4.21. The van der Waals surface area contributed by atoms with E-state index in [1.165, 1.54) is 5.56 Å². The molecule has 1 aliphatic carbocycles. The molecule has 0 spiro atoms. The van der Waals surface area contributed by atoms with E-state index in [0.29, 0.717) is 11.8 Å². The van der Waals surface area contributed by atoms with E-state index in [1.807, 2.05) is 12.1 Å². The van der Waals surface area contributed by atoms with Crippen molar-refractivity contribution in [2.75, 3.05) is 13.1 Å². The number of nitrogens with one attached hydrogen (secondary N) is 1. The second-order valence-electron chi connectivity index (χ2n) is 5.68. The minimum Gasteiger partial charge on any atom is -0.317 e.